The van der Waals surface area contributed by atoms with Crippen LogP contribution in [0.15, 0.2) is 17.0 Å². The molecule has 0 spiro atoms. The van der Waals surface area contributed by atoms with Gasteiger partial charge in [0.2, 0.25) is 10.0 Å². The van der Waals surface area contributed by atoms with Crippen LogP contribution in [0.2, 0.25) is 0 Å². The number of terminal acetylenes is 1. The van der Waals surface area contributed by atoms with Crippen LogP contribution in [0.4, 0.5) is 0 Å². The number of nitrogens with one attached hydrogen (secondary N) is 1. The van der Waals surface area contributed by atoms with Gasteiger partial charge in [0.1, 0.15) is 4.90 Å². The molecule has 0 atom stereocenters. The van der Waals surface area contributed by atoms with Crippen LogP contribution < -0.4 is 14.2 Å². The van der Waals surface area contributed by atoms with Crippen molar-refractivity contribution in [1.82, 2.24) is 4.72 Å². The van der Waals surface area contributed by atoms with Gasteiger partial charge in [-0.15, -0.1) is 6.42 Å². The molecule has 21 heavy (non-hydrogen) atoms. The topological polar surface area (TPSA) is 102 Å². The molecule has 114 valence electrons. The molecular formula is C13H15NO6S. The molecule has 8 heteroatoms. The van der Waals surface area contributed by atoms with Crippen LogP contribution in [0.25, 0.3) is 0 Å². The van der Waals surface area contributed by atoms with E-state index < -0.39 is 16.0 Å². The predicted octanol–water partition coefficient (Wildman–Crippen LogP) is 0.242. The second kappa shape index (κ2) is 6.97. The van der Waals surface area contributed by atoms with E-state index in [1.54, 1.807) is 0 Å². The van der Waals surface area contributed by atoms with Gasteiger partial charge in [-0.05, 0) is 17.7 Å². The van der Waals surface area contributed by atoms with Crippen LogP contribution in [0.3, 0.4) is 0 Å². The highest BCUT2D eigenvalue weighted by atomic mass is 32.2. The third-order valence-corrected chi connectivity index (χ3v) is 3.92. The Morgan fingerprint density at radius 2 is 2.05 bits per heavy atom. The molecule has 0 aliphatic carbocycles. The van der Waals surface area contributed by atoms with Gasteiger partial charge in [-0.2, -0.15) is 4.72 Å². The lowest BCUT2D eigenvalue weighted by atomic mass is 10.1. The molecule has 0 fully saturated rings. The van der Waals surface area contributed by atoms with Crippen molar-refractivity contribution >= 4 is 16.0 Å². The van der Waals surface area contributed by atoms with E-state index in [4.69, 9.17) is 21.0 Å². The van der Waals surface area contributed by atoms with Gasteiger partial charge >= 0.3 is 5.97 Å². The van der Waals surface area contributed by atoms with E-state index in [1.807, 2.05) is 0 Å². The maximum Gasteiger partial charge on any atom is 0.307 e. The molecule has 2 N–H and O–H groups in total. The maximum atomic E-state index is 12.2. The van der Waals surface area contributed by atoms with E-state index in [-0.39, 0.29) is 34.9 Å². The molecule has 0 aliphatic rings. The van der Waals surface area contributed by atoms with Gasteiger partial charge in [0.05, 0.1) is 27.2 Å². The molecule has 0 unspecified atom stereocenters. The number of hydrogen-bond acceptors (Lipinski definition) is 5. The summed E-state index contributed by atoms with van der Waals surface area (Å²) in [7, 11) is -1.33. The van der Waals surface area contributed by atoms with Gasteiger partial charge in [0, 0.05) is 0 Å². The standard InChI is InChI=1S/C13H15NO6S/c1-4-5-14-21(17,18)11-7-9(8-12(15)16)6-10(19-2)13(11)20-3/h1,6-7,14H,5,8H2,2-3H3,(H,15,16). The average Bonchev–Trinajstić information content (AvgIpc) is 2.43. The highest BCUT2D eigenvalue weighted by molar-refractivity contribution is 7.89. The summed E-state index contributed by atoms with van der Waals surface area (Å²) in [6.45, 7) is -0.197. The first-order valence-electron chi connectivity index (χ1n) is 5.75. The first kappa shape index (κ1) is 16.8. The van der Waals surface area contributed by atoms with Gasteiger partial charge in [0.25, 0.3) is 0 Å². The maximum absolute atomic E-state index is 12.2. The molecule has 0 radical (unpaired) electrons. The SMILES string of the molecule is C#CCNS(=O)(=O)c1cc(CC(=O)O)cc(OC)c1OC. The largest absolute Gasteiger partial charge is 0.493 e. The van der Waals surface area contributed by atoms with Gasteiger partial charge < -0.3 is 14.6 Å². The van der Waals surface area contributed by atoms with E-state index in [0.717, 1.165) is 0 Å². The zero-order valence-electron chi connectivity index (χ0n) is 11.5. The first-order chi connectivity index (χ1) is 9.85. The lowest BCUT2D eigenvalue weighted by Crippen LogP contribution is -2.24. The molecule has 0 saturated carbocycles. The highest BCUT2D eigenvalue weighted by Crippen LogP contribution is 2.35. The van der Waals surface area contributed by atoms with Crippen LogP contribution >= 0.6 is 0 Å². The quantitative estimate of drug-likeness (QED) is 0.699. The zero-order chi connectivity index (χ0) is 16.0. The number of rotatable bonds is 7. The number of methoxy groups -OCH3 is 2. The van der Waals surface area contributed by atoms with Crippen LogP contribution in [-0.4, -0.2) is 40.3 Å². The fraction of sp³-hybridized carbons (Fsp3) is 0.308. The van der Waals surface area contributed by atoms with Crippen molar-refractivity contribution in [2.45, 2.75) is 11.3 Å². The van der Waals surface area contributed by atoms with Crippen LogP contribution in [0.5, 0.6) is 11.5 Å². The number of sulfonamides is 1. The van der Waals surface area contributed by atoms with Gasteiger partial charge in [0.15, 0.2) is 11.5 Å². The van der Waals surface area contributed by atoms with Crippen molar-refractivity contribution in [2.24, 2.45) is 0 Å². The second-order valence-corrected chi connectivity index (χ2v) is 5.66. The van der Waals surface area contributed by atoms with Crippen molar-refractivity contribution in [3.05, 3.63) is 17.7 Å². The Kier molecular flexibility index (Phi) is 5.58. The Bertz CT molecular complexity index is 675. The van der Waals surface area contributed by atoms with E-state index in [1.165, 1.54) is 26.4 Å². The third kappa shape index (κ3) is 4.11. The van der Waals surface area contributed by atoms with E-state index >= 15 is 0 Å². The van der Waals surface area contributed by atoms with Gasteiger partial charge in [-0.25, -0.2) is 8.42 Å². The van der Waals surface area contributed by atoms with Crippen molar-refractivity contribution in [2.75, 3.05) is 20.8 Å². The molecule has 7 nitrogen and oxygen atoms in total. The minimum absolute atomic E-state index is 0.0174. The van der Waals surface area contributed by atoms with Crippen molar-refractivity contribution in [3.63, 3.8) is 0 Å². The first-order valence-corrected chi connectivity index (χ1v) is 7.23. The number of aliphatic carboxylic acids is 1. The number of carboxylic acids is 1. The predicted molar refractivity (Wildman–Crippen MR) is 74.9 cm³/mol. The Labute approximate surface area is 122 Å². The molecule has 0 aromatic heterocycles. The van der Waals surface area contributed by atoms with E-state index in [9.17, 15) is 13.2 Å². The van der Waals surface area contributed by atoms with Crippen LogP contribution in [-0.2, 0) is 21.2 Å². The fourth-order valence-electron chi connectivity index (χ4n) is 1.67. The summed E-state index contributed by atoms with van der Waals surface area (Å²) in [6, 6.07) is 2.63. The second-order valence-electron chi connectivity index (χ2n) is 3.93. The summed E-state index contributed by atoms with van der Waals surface area (Å²) >= 11 is 0. The molecule has 0 amide bonds. The Morgan fingerprint density at radius 1 is 1.38 bits per heavy atom. The summed E-state index contributed by atoms with van der Waals surface area (Å²) in [5.74, 6) is 1.16. The smallest absolute Gasteiger partial charge is 0.307 e. The normalized spacial score (nSPS) is 10.7. The molecule has 1 rings (SSSR count). The van der Waals surface area contributed by atoms with Crippen molar-refractivity contribution < 1.29 is 27.8 Å². The molecule has 0 bridgehead atoms. The fourth-order valence-corrected chi connectivity index (χ4v) is 2.84. The lowest BCUT2D eigenvalue weighted by Gasteiger charge is -2.14. The number of hydrogen-bond donors (Lipinski definition) is 2. The molecule has 1 aromatic carbocycles. The summed E-state index contributed by atoms with van der Waals surface area (Å²) in [5, 5.41) is 8.83. The summed E-state index contributed by atoms with van der Waals surface area (Å²) < 4.78 is 36.7. The van der Waals surface area contributed by atoms with E-state index in [2.05, 4.69) is 10.6 Å². The van der Waals surface area contributed by atoms with Crippen molar-refractivity contribution in [1.29, 1.82) is 0 Å². The molecule has 0 saturated heterocycles. The lowest BCUT2D eigenvalue weighted by molar-refractivity contribution is -0.136. The Morgan fingerprint density at radius 3 is 2.52 bits per heavy atom. The highest BCUT2D eigenvalue weighted by Gasteiger charge is 2.24. The minimum atomic E-state index is -3.95. The third-order valence-electron chi connectivity index (χ3n) is 2.51. The monoisotopic (exact) mass is 313 g/mol. The Balaban J connectivity index is 3.46. The average molecular weight is 313 g/mol. The molecular weight excluding hydrogens is 298 g/mol. The van der Waals surface area contributed by atoms with Gasteiger partial charge in [-0.3, -0.25) is 4.79 Å². The molecule has 0 aliphatic heterocycles. The number of carbonyl (C=O) groups is 1. The zero-order valence-corrected chi connectivity index (χ0v) is 12.4. The summed E-state index contributed by atoms with van der Waals surface area (Å²) in [4.78, 5) is 10.6. The Hall–Kier alpha value is -2.24. The van der Waals surface area contributed by atoms with Crippen molar-refractivity contribution in [3.8, 4) is 23.8 Å². The number of carboxylic acid groups (broad SMARTS) is 1. The summed E-state index contributed by atoms with van der Waals surface area (Å²) in [5.41, 5.74) is 0.265. The number of benzene rings is 1. The molecule has 0 heterocycles. The van der Waals surface area contributed by atoms with Gasteiger partial charge in [-0.1, -0.05) is 5.92 Å². The van der Waals surface area contributed by atoms with Crippen LogP contribution in [0.1, 0.15) is 5.56 Å². The molecule has 1 aromatic rings. The van der Waals surface area contributed by atoms with E-state index in [0.29, 0.717) is 0 Å². The minimum Gasteiger partial charge on any atom is -0.493 e. The number of ether oxygens (including phenoxy) is 2. The van der Waals surface area contributed by atoms with Crippen LogP contribution in [0, 0.1) is 12.3 Å². The summed E-state index contributed by atoms with van der Waals surface area (Å²) in [6.07, 6.45) is 4.68.